The zero-order valence-corrected chi connectivity index (χ0v) is 16.6. The molecule has 0 bridgehead atoms. The van der Waals surface area contributed by atoms with Gasteiger partial charge in [-0.2, -0.15) is 0 Å². The van der Waals surface area contributed by atoms with Crippen LogP contribution in [0.15, 0.2) is 30.6 Å². The van der Waals surface area contributed by atoms with Gasteiger partial charge in [0.15, 0.2) is 0 Å². The third-order valence-electron chi connectivity index (χ3n) is 4.17. The number of hydrogen-bond donors (Lipinski definition) is 2. The summed E-state index contributed by atoms with van der Waals surface area (Å²) < 4.78 is 3.51. The summed E-state index contributed by atoms with van der Waals surface area (Å²) in [5.41, 5.74) is 2.99. The molecule has 2 heterocycles. The van der Waals surface area contributed by atoms with Gasteiger partial charge in [-0.25, -0.2) is 5.10 Å². The number of amides is 1. The van der Waals surface area contributed by atoms with Crippen molar-refractivity contribution in [1.82, 2.24) is 14.9 Å². The number of carbonyl (C=O) groups is 2. The van der Waals surface area contributed by atoms with Crippen molar-refractivity contribution < 1.29 is 14.1 Å². The maximum absolute atomic E-state index is 11.8. The van der Waals surface area contributed by atoms with Gasteiger partial charge in [0, 0.05) is 23.9 Å². The van der Waals surface area contributed by atoms with Crippen LogP contribution in [0.1, 0.15) is 46.2 Å². The molecule has 0 fully saturated rings. The van der Waals surface area contributed by atoms with E-state index in [0.29, 0.717) is 16.4 Å². The number of nitrogens with one attached hydrogen (secondary N) is 2. The predicted molar refractivity (Wildman–Crippen MR) is 103 cm³/mol. The Morgan fingerprint density at radius 1 is 1.22 bits per heavy atom. The second-order valence-corrected chi connectivity index (χ2v) is 7.98. The first-order valence-corrected chi connectivity index (χ1v) is 9.11. The minimum atomic E-state index is -0.178. The average molecular weight is 389 g/mol. The third kappa shape index (κ3) is 4.19. The molecule has 3 rings (SSSR count). The maximum atomic E-state index is 11.8. The number of Topliss-reactive ketones (excluding diaryl/α,β-unsaturated/α-hetero) is 1. The van der Waals surface area contributed by atoms with Gasteiger partial charge in [-0.15, -0.1) is 4.52 Å². The molecule has 0 unspecified atom stereocenters. The molecule has 0 aliphatic heterocycles. The topological polar surface area (TPSA) is 83.9 Å². The minimum absolute atomic E-state index is 0.000617. The number of anilines is 1. The van der Waals surface area contributed by atoms with Crippen molar-refractivity contribution >= 4 is 34.6 Å². The van der Waals surface area contributed by atoms with Crippen LogP contribution in [0.3, 0.4) is 0 Å². The molecule has 0 spiro atoms. The number of nitrogens with zero attached hydrogens (tertiary/aromatic N) is 3. The number of H-pyrrole nitrogens is 1. The number of fused-ring (bicyclic) bond motifs is 1. The number of benzene rings is 1. The largest absolute Gasteiger partial charge is 0.344 e. The van der Waals surface area contributed by atoms with Crippen LogP contribution in [0.25, 0.3) is 11.3 Å². The van der Waals surface area contributed by atoms with Gasteiger partial charge in [-0.05, 0) is 31.2 Å². The van der Waals surface area contributed by atoms with Crippen LogP contribution >= 0.6 is 11.6 Å². The molecule has 0 aliphatic rings. The Hall–Kier alpha value is -2.67. The zero-order chi connectivity index (χ0) is 19.8. The van der Waals surface area contributed by atoms with Crippen LogP contribution in [0, 0.1) is 0 Å². The monoisotopic (exact) mass is 388 g/mol. The summed E-state index contributed by atoms with van der Waals surface area (Å²) in [7, 11) is 0. The van der Waals surface area contributed by atoms with Crippen LogP contribution in [0.5, 0.6) is 0 Å². The lowest BCUT2D eigenvalue weighted by Gasteiger charge is -2.15. The molecule has 2 N–H and O–H groups in total. The summed E-state index contributed by atoms with van der Waals surface area (Å²) in [5.74, 6) is -0.178. The van der Waals surface area contributed by atoms with E-state index in [1.807, 2.05) is 18.5 Å². The number of ketones is 1. The van der Waals surface area contributed by atoms with Gasteiger partial charge in [0.1, 0.15) is 16.5 Å². The minimum Gasteiger partial charge on any atom is -0.326 e. The highest BCUT2D eigenvalue weighted by Gasteiger charge is 2.28. The van der Waals surface area contributed by atoms with Crippen molar-refractivity contribution in [3.63, 3.8) is 0 Å². The third-order valence-corrected chi connectivity index (χ3v) is 4.53. The average Bonchev–Trinajstić information content (AvgIpc) is 3.13. The lowest BCUT2D eigenvalue weighted by atomic mass is 9.92. The second-order valence-electron chi connectivity index (χ2n) is 7.60. The number of aromatic amines is 1. The normalized spacial score (nSPS) is 11.7. The molecule has 0 radical (unpaired) electrons. The molecule has 0 atom stereocenters. The molecule has 0 saturated heterocycles. The molecule has 0 aliphatic carbocycles. The van der Waals surface area contributed by atoms with Crippen molar-refractivity contribution in [1.29, 1.82) is 0 Å². The van der Waals surface area contributed by atoms with Gasteiger partial charge in [0.25, 0.3) is 6.33 Å². The fourth-order valence-corrected chi connectivity index (χ4v) is 3.14. The second kappa shape index (κ2) is 7.15. The van der Waals surface area contributed by atoms with Crippen molar-refractivity contribution in [3.05, 3.63) is 41.3 Å². The Morgan fingerprint density at radius 2 is 1.89 bits per heavy atom. The smallest absolute Gasteiger partial charge is 0.326 e. The molecule has 8 heteroatoms. The molecule has 2 aromatic heterocycles. The highest BCUT2D eigenvalue weighted by Crippen LogP contribution is 2.29. The molecule has 3 aromatic rings. The Morgan fingerprint density at radius 3 is 2.44 bits per heavy atom. The Kier molecular flexibility index (Phi) is 5.06. The van der Waals surface area contributed by atoms with Gasteiger partial charge in [0.2, 0.25) is 5.91 Å². The molecule has 27 heavy (non-hydrogen) atoms. The summed E-state index contributed by atoms with van der Waals surface area (Å²) in [6.07, 6.45) is 2.25. The van der Waals surface area contributed by atoms with Crippen LogP contribution in [-0.2, 0) is 15.0 Å². The van der Waals surface area contributed by atoms with E-state index in [-0.39, 0.29) is 29.9 Å². The van der Waals surface area contributed by atoms with E-state index in [1.54, 1.807) is 21.3 Å². The SMILES string of the molecule is CC(=O)CCC(=O)Nc1ccc(-n2c[n+]3[nH]c(C(C)(C)C)c(Cl)c3n2)cc1. The fourth-order valence-electron chi connectivity index (χ4n) is 2.68. The van der Waals surface area contributed by atoms with E-state index in [9.17, 15) is 9.59 Å². The van der Waals surface area contributed by atoms with Crippen molar-refractivity contribution in [3.8, 4) is 5.69 Å². The number of aromatic nitrogens is 4. The zero-order valence-electron chi connectivity index (χ0n) is 15.8. The van der Waals surface area contributed by atoms with Gasteiger partial charge < -0.3 is 10.1 Å². The van der Waals surface area contributed by atoms with Crippen LogP contribution in [0.2, 0.25) is 5.02 Å². The highest BCUT2D eigenvalue weighted by atomic mass is 35.5. The maximum Gasteiger partial charge on any atom is 0.344 e. The fraction of sp³-hybridized carbons (Fsp3) is 0.368. The Labute approximate surface area is 162 Å². The number of hydrogen-bond acceptors (Lipinski definition) is 3. The summed E-state index contributed by atoms with van der Waals surface area (Å²) in [6.45, 7) is 7.73. The van der Waals surface area contributed by atoms with E-state index in [1.165, 1.54) is 6.92 Å². The van der Waals surface area contributed by atoms with Crippen molar-refractivity contribution in [2.45, 2.75) is 46.0 Å². The molecular formula is C19H23ClN5O2+. The van der Waals surface area contributed by atoms with E-state index < -0.39 is 0 Å². The van der Waals surface area contributed by atoms with Crippen LogP contribution in [-0.4, -0.2) is 26.6 Å². The quantitative estimate of drug-likeness (QED) is 0.658. The lowest BCUT2D eigenvalue weighted by molar-refractivity contribution is -0.578. The molecule has 1 amide bonds. The van der Waals surface area contributed by atoms with Gasteiger partial charge in [-0.3, -0.25) is 4.79 Å². The molecule has 7 nitrogen and oxygen atoms in total. The van der Waals surface area contributed by atoms with E-state index >= 15 is 0 Å². The standard InChI is InChI=1S/C19H22ClN5O2/c1-12(26)5-10-15(27)21-13-6-8-14(9-7-13)24-11-25-18(23-24)16(20)17(22-25)19(2,3)4/h6-9,11H,5,10H2,1-4H3,(H-,21,22,23,27)/p+1. The Balaban J connectivity index is 1.77. The molecule has 0 saturated carbocycles. The van der Waals surface area contributed by atoms with Gasteiger partial charge in [-0.1, -0.05) is 37.1 Å². The van der Waals surface area contributed by atoms with Gasteiger partial charge in [0.05, 0.1) is 10.8 Å². The first-order valence-electron chi connectivity index (χ1n) is 8.74. The first kappa shape index (κ1) is 19.1. The van der Waals surface area contributed by atoms with Crippen molar-refractivity contribution in [2.24, 2.45) is 0 Å². The summed E-state index contributed by atoms with van der Waals surface area (Å²) in [6, 6.07) is 7.30. The molecule has 1 aromatic carbocycles. The molecular weight excluding hydrogens is 366 g/mol. The highest BCUT2D eigenvalue weighted by molar-refractivity contribution is 6.33. The summed E-state index contributed by atoms with van der Waals surface area (Å²) in [4.78, 5) is 22.8. The predicted octanol–water partition coefficient (Wildman–Crippen LogP) is 3.20. The van der Waals surface area contributed by atoms with Gasteiger partial charge >= 0.3 is 5.65 Å². The summed E-state index contributed by atoms with van der Waals surface area (Å²) in [5, 5.41) is 11.2. The number of halogens is 1. The van der Waals surface area contributed by atoms with Crippen LogP contribution in [0.4, 0.5) is 5.69 Å². The Bertz CT molecular complexity index is 996. The number of rotatable bonds is 5. The molecule has 142 valence electrons. The van der Waals surface area contributed by atoms with E-state index in [2.05, 4.69) is 36.3 Å². The lowest BCUT2D eigenvalue weighted by Crippen LogP contribution is -2.23. The van der Waals surface area contributed by atoms with E-state index in [0.717, 1.165) is 11.4 Å². The number of carbonyl (C=O) groups excluding carboxylic acids is 2. The van der Waals surface area contributed by atoms with Crippen molar-refractivity contribution in [2.75, 3.05) is 5.32 Å². The van der Waals surface area contributed by atoms with Crippen LogP contribution < -0.4 is 9.83 Å². The summed E-state index contributed by atoms with van der Waals surface area (Å²) >= 11 is 6.48. The first-order chi connectivity index (χ1) is 12.6. The van der Waals surface area contributed by atoms with E-state index in [4.69, 9.17) is 11.6 Å².